The molecule has 328 valence electrons. The molecule has 0 heterocycles. The number of halogens is 4. The van der Waals surface area contributed by atoms with Gasteiger partial charge in [-0.05, 0) is 76.6 Å². The van der Waals surface area contributed by atoms with E-state index in [1.807, 2.05) is 0 Å². The van der Waals surface area contributed by atoms with Gasteiger partial charge in [0.05, 0.1) is 22.3 Å². The van der Waals surface area contributed by atoms with Crippen molar-refractivity contribution in [3.05, 3.63) is 40.1 Å². The van der Waals surface area contributed by atoms with Gasteiger partial charge in [0.25, 0.3) is 11.8 Å². The van der Waals surface area contributed by atoms with E-state index in [4.69, 9.17) is 0 Å². The zero-order valence-corrected chi connectivity index (χ0v) is 41.6. The van der Waals surface area contributed by atoms with E-state index in [1.165, 1.54) is 128 Å². The normalized spacial score (nSPS) is 11.3. The Hall–Kier alpha value is -1.50. The molecule has 0 atom stereocenters. The second kappa shape index (κ2) is 31.4. The van der Waals surface area contributed by atoms with Crippen LogP contribution in [-0.2, 0) is 0 Å². The van der Waals surface area contributed by atoms with E-state index in [1.54, 1.807) is 0 Å². The average Bonchev–Trinajstić information content (AvgIpc) is 3.18. The molecule has 0 fully saturated rings. The molecule has 0 aliphatic carbocycles. The Morgan fingerprint density at radius 2 is 0.569 bits per heavy atom. The van der Waals surface area contributed by atoms with E-state index in [-0.39, 0.29) is 50.9 Å². The van der Waals surface area contributed by atoms with Crippen LogP contribution in [-0.4, -0.2) is 47.1 Å². The van der Waals surface area contributed by atoms with Crippen LogP contribution in [0.4, 0.5) is 0 Å². The van der Waals surface area contributed by atoms with Crippen LogP contribution in [0.3, 0.4) is 0 Å². The quantitative estimate of drug-likeness (QED) is 0.0516. The number of unbranched alkanes of at least 4 members (excludes halogenated alkanes) is 26. The van der Waals surface area contributed by atoms with Crippen LogP contribution < -0.4 is 10.6 Å². The van der Waals surface area contributed by atoms with Crippen molar-refractivity contribution in [2.75, 3.05) is 13.1 Å². The summed E-state index contributed by atoms with van der Waals surface area (Å²) in [6.45, 7) is 5.23. The Bertz CT molecular complexity index is 1470. The summed E-state index contributed by atoms with van der Waals surface area (Å²) >= 11 is 13.5. The van der Waals surface area contributed by atoms with Crippen molar-refractivity contribution in [2.24, 2.45) is 0 Å². The number of fused-ring (bicyclic) bond motifs is 1. The third kappa shape index (κ3) is 18.2. The lowest BCUT2D eigenvalue weighted by molar-refractivity contribution is 0.0682. The van der Waals surface area contributed by atoms with E-state index in [0.29, 0.717) is 13.1 Å². The standard InChI is InChI=1S/C46H70Br4N2O6/c1-3-5-7-9-11-13-15-17-19-21-23-25-27-29-31-51-43(53)35-33-34(38(46(57)58)42(50)41(49)37(33)45(55)56)36(40(48)39(35)47)44(54)52-32-30-28-26-24-22-20-18-16-14-12-10-8-6-4-2/h3-32H2,1-2H3,(H,51,53)(H,52,54)(H,55,56)(H,57,58). The summed E-state index contributed by atoms with van der Waals surface area (Å²) in [6, 6.07) is 0. The van der Waals surface area contributed by atoms with Crippen LogP contribution in [0.25, 0.3) is 10.8 Å². The highest BCUT2D eigenvalue weighted by Gasteiger charge is 2.34. The van der Waals surface area contributed by atoms with E-state index >= 15 is 0 Å². The van der Waals surface area contributed by atoms with Gasteiger partial charge in [-0.1, -0.05) is 181 Å². The molecule has 2 aromatic carbocycles. The molecule has 58 heavy (non-hydrogen) atoms. The highest BCUT2D eigenvalue weighted by molar-refractivity contribution is 9.13. The third-order valence-electron chi connectivity index (χ3n) is 11.0. The first-order chi connectivity index (χ1) is 28.0. The molecule has 8 nitrogen and oxygen atoms in total. The zero-order valence-electron chi connectivity index (χ0n) is 35.3. The molecule has 0 bridgehead atoms. The maximum atomic E-state index is 13.9. The summed E-state index contributed by atoms with van der Waals surface area (Å²) in [5.74, 6) is -3.87. The molecule has 2 amide bonds. The number of aromatic carboxylic acids is 2. The van der Waals surface area contributed by atoms with Gasteiger partial charge in [-0.2, -0.15) is 0 Å². The molecule has 0 aliphatic rings. The second-order valence-electron chi connectivity index (χ2n) is 15.8. The molecule has 0 unspecified atom stereocenters. The third-order valence-corrected chi connectivity index (χ3v) is 15.3. The van der Waals surface area contributed by atoms with Gasteiger partial charge in [0.15, 0.2) is 0 Å². The Balaban J connectivity index is 2.04. The van der Waals surface area contributed by atoms with Crippen molar-refractivity contribution in [3.8, 4) is 0 Å². The lowest BCUT2D eigenvalue weighted by Gasteiger charge is -2.21. The highest BCUT2D eigenvalue weighted by Crippen LogP contribution is 2.46. The summed E-state index contributed by atoms with van der Waals surface area (Å²) in [6.07, 6.45) is 34.0. The van der Waals surface area contributed by atoms with Crippen molar-refractivity contribution in [1.82, 2.24) is 10.6 Å². The molecule has 0 radical (unpaired) electrons. The number of amides is 2. The topological polar surface area (TPSA) is 133 Å². The monoisotopic (exact) mass is 1060 g/mol. The summed E-state index contributed by atoms with van der Waals surface area (Å²) in [4.78, 5) is 53.4. The second-order valence-corrected chi connectivity index (χ2v) is 19.0. The minimum Gasteiger partial charge on any atom is -0.478 e. The van der Waals surface area contributed by atoms with Crippen molar-refractivity contribution in [1.29, 1.82) is 0 Å². The van der Waals surface area contributed by atoms with Crippen molar-refractivity contribution < 1.29 is 29.4 Å². The van der Waals surface area contributed by atoms with E-state index in [9.17, 15) is 29.4 Å². The summed E-state index contributed by atoms with van der Waals surface area (Å²) in [5.41, 5.74) is -0.738. The van der Waals surface area contributed by atoms with Gasteiger partial charge in [0.1, 0.15) is 0 Å². The van der Waals surface area contributed by atoms with Crippen molar-refractivity contribution >= 4 is 98.2 Å². The van der Waals surface area contributed by atoms with E-state index < -0.39 is 23.8 Å². The van der Waals surface area contributed by atoms with Gasteiger partial charge in [0.2, 0.25) is 0 Å². The number of carbonyl (C=O) groups excluding carboxylic acids is 2. The molecule has 0 aliphatic heterocycles. The molecule has 4 N–H and O–H groups in total. The molecular weight excluding hydrogens is 996 g/mol. The molecule has 2 rings (SSSR count). The number of benzene rings is 2. The van der Waals surface area contributed by atoms with Gasteiger partial charge >= 0.3 is 11.9 Å². The van der Waals surface area contributed by atoms with Gasteiger partial charge in [-0.25, -0.2) is 9.59 Å². The first-order valence-corrected chi connectivity index (χ1v) is 25.6. The van der Waals surface area contributed by atoms with Gasteiger partial charge in [-0.15, -0.1) is 0 Å². The summed E-state index contributed by atoms with van der Waals surface area (Å²) in [7, 11) is 0. The number of hydrogen-bond acceptors (Lipinski definition) is 4. The van der Waals surface area contributed by atoms with Gasteiger partial charge in [-0.3, -0.25) is 9.59 Å². The maximum absolute atomic E-state index is 13.9. The molecule has 0 aromatic heterocycles. The smallest absolute Gasteiger partial charge is 0.337 e. The van der Waals surface area contributed by atoms with Crippen LogP contribution in [0.15, 0.2) is 17.9 Å². The Morgan fingerprint density at radius 3 is 0.793 bits per heavy atom. The van der Waals surface area contributed by atoms with Crippen molar-refractivity contribution in [3.63, 3.8) is 0 Å². The first kappa shape index (κ1) is 52.6. The summed E-state index contributed by atoms with van der Waals surface area (Å²) in [5, 5.41) is 26.4. The minimum absolute atomic E-state index is 0.0334. The van der Waals surface area contributed by atoms with Gasteiger partial charge < -0.3 is 20.8 Å². The van der Waals surface area contributed by atoms with Crippen LogP contribution >= 0.6 is 63.7 Å². The molecular formula is C46H70Br4N2O6. The largest absolute Gasteiger partial charge is 0.478 e. The van der Waals surface area contributed by atoms with Crippen molar-refractivity contribution in [2.45, 2.75) is 194 Å². The Kier molecular flexibility index (Phi) is 28.5. The first-order valence-electron chi connectivity index (χ1n) is 22.4. The Labute approximate surface area is 382 Å². The van der Waals surface area contributed by atoms with Crippen LogP contribution in [0.5, 0.6) is 0 Å². The zero-order chi connectivity index (χ0) is 42.7. The number of rotatable bonds is 34. The predicted molar refractivity (Wildman–Crippen MR) is 254 cm³/mol. The fraction of sp³-hybridized carbons (Fsp3) is 0.696. The number of carbonyl (C=O) groups is 4. The number of nitrogens with one attached hydrogen (secondary N) is 2. The fourth-order valence-corrected chi connectivity index (χ4v) is 9.96. The number of carboxylic acid groups (broad SMARTS) is 2. The maximum Gasteiger partial charge on any atom is 0.337 e. The Morgan fingerprint density at radius 1 is 0.362 bits per heavy atom. The lowest BCUT2D eigenvalue weighted by Crippen LogP contribution is -2.29. The van der Waals surface area contributed by atoms with Crippen LogP contribution in [0.1, 0.15) is 235 Å². The van der Waals surface area contributed by atoms with Crippen LogP contribution in [0, 0.1) is 0 Å². The predicted octanol–water partition coefficient (Wildman–Crippen LogP) is 15.7. The molecule has 0 spiro atoms. The molecule has 0 saturated carbocycles. The van der Waals surface area contributed by atoms with E-state index in [0.717, 1.165) is 51.4 Å². The van der Waals surface area contributed by atoms with Crippen LogP contribution in [0.2, 0.25) is 0 Å². The average molecular weight is 1070 g/mol. The summed E-state index contributed by atoms with van der Waals surface area (Å²) < 4.78 is 0.282. The fourth-order valence-electron chi connectivity index (χ4n) is 7.68. The highest BCUT2D eigenvalue weighted by atomic mass is 79.9. The number of carboxylic acids is 2. The molecule has 12 heteroatoms. The molecule has 2 aromatic rings. The van der Waals surface area contributed by atoms with E-state index in [2.05, 4.69) is 88.2 Å². The number of hydrogen-bond donors (Lipinski definition) is 4. The molecule has 0 saturated heterocycles. The van der Waals surface area contributed by atoms with Gasteiger partial charge in [0, 0.05) is 41.8 Å². The SMILES string of the molecule is CCCCCCCCCCCCCCCCNC(=O)c1c(Br)c(Br)c(C(=O)NCCCCCCCCCCCCCCCC)c2c(C(=O)O)c(Br)c(Br)c(C(=O)O)c12. The lowest BCUT2D eigenvalue weighted by atomic mass is 9.90. The minimum atomic E-state index is -1.38.